The molecule has 0 fully saturated rings. The van der Waals surface area contributed by atoms with Gasteiger partial charge in [0.15, 0.2) is 0 Å². The monoisotopic (exact) mass is 295 g/mol. The Kier molecular flexibility index (Phi) is 4.52. The van der Waals surface area contributed by atoms with Crippen LogP contribution < -0.4 is 10.5 Å². The van der Waals surface area contributed by atoms with Gasteiger partial charge in [-0.25, -0.2) is 0 Å². The van der Waals surface area contributed by atoms with Gasteiger partial charge in [0, 0.05) is 12.1 Å². The molecule has 1 aromatic heterocycles. The van der Waals surface area contributed by atoms with E-state index in [1.54, 1.807) is 22.9 Å². The summed E-state index contributed by atoms with van der Waals surface area (Å²) in [5, 5.41) is 15.2. The number of aliphatic hydroxyl groups is 1. The molecule has 0 saturated carbocycles. The second kappa shape index (κ2) is 6.15. The number of nitrogens with zero attached hydrogens (tertiary/aromatic N) is 2. The molecular weight excluding hydrogens is 278 g/mol. The fourth-order valence-electron chi connectivity index (χ4n) is 2.16. The zero-order valence-electron chi connectivity index (χ0n) is 11.5. The lowest BCUT2D eigenvalue weighted by Gasteiger charge is -2.17. The van der Waals surface area contributed by atoms with Crippen molar-refractivity contribution >= 4 is 17.3 Å². The molecule has 20 heavy (non-hydrogen) atoms. The number of methoxy groups -OCH3 is 1. The largest absolute Gasteiger partial charge is 0.495 e. The summed E-state index contributed by atoms with van der Waals surface area (Å²) in [7, 11) is 1.54. The molecular formula is C14H18ClN3O2. The van der Waals surface area contributed by atoms with Gasteiger partial charge in [-0.3, -0.25) is 4.68 Å². The summed E-state index contributed by atoms with van der Waals surface area (Å²) in [6.07, 6.45) is 1.49. The van der Waals surface area contributed by atoms with Crippen molar-refractivity contribution in [2.45, 2.75) is 26.0 Å². The highest BCUT2D eigenvalue weighted by Gasteiger charge is 2.22. The number of benzene rings is 1. The van der Waals surface area contributed by atoms with Gasteiger partial charge in [-0.15, -0.1) is 0 Å². The molecule has 2 rings (SSSR count). The van der Waals surface area contributed by atoms with Gasteiger partial charge in [-0.2, -0.15) is 5.10 Å². The smallest absolute Gasteiger partial charge is 0.142 e. The van der Waals surface area contributed by atoms with Crippen molar-refractivity contribution in [3.63, 3.8) is 0 Å². The minimum absolute atomic E-state index is 0.405. The van der Waals surface area contributed by atoms with Gasteiger partial charge >= 0.3 is 0 Å². The Morgan fingerprint density at radius 1 is 1.50 bits per heavy atom. The van der Waals surface area contributed by atoms with Crippen LogP contribution in [0.1, 0.15) is 30.7 Å². The summed E-state index contributed by atoms with van der Waals surface area (Å²) >= 11 is 6.14. The van der Waals surface area contributed by atoms with Crippen LogP contribution in [0.4, 0.5) is 5.69 Å². The zero-order chi connectivity index (χ0) is 14.7. The molecule has 0 saturated heterocycles. The number of halogens is 1. The van der Waals surface area contributed by atoms with E-state index in [9.17, 15) is 5.11 Å². The summed E-state index contributed by atoms with van der Waals surface area (Å²) < 4.78 is 6.87. The van der Waals surface area contributed by atoms with Crippen molar-refractivity contribution < 1.29 is 9.84 Å². The van der Waals surface area contributed by atoms with Crippen molar-refractivity contribution in [1.82, 2.24) is 9.78 Å². The molecule has 0 amide bonds. The highest BCUT2D eigenvalue weighted by atomic mass is 35.5. The normalized spacial score (nSPS) is 12.4. The lowest BCUT2D eigenvalue weighted by Crippen LogP contribution is -2.12. The first-order valence-corrected chi connectivity index (χ1v) is 6.79. The topological polar surface area (TPSA) is 73.3 Å². The molecule has 1 aromatic carbocycles. The number of aromatic nitrogens is 2. The van der Waals surface area contributed by atoms with Crippen LogP contribution in [0.2, 0.25) is 5.02 Å². The number of aliphatic hydroxyl groups excluding tert-OH is 1. The van der Waals surface area contributed by atoms with Crippen LogP contribution in [0.15, 0.2) is 24.4 Å². The summed E-state index contributed by atoms with van der Waals surface area (Å²) in [6, 6.07) is 5.28. The van der Waals surface area contributed by atoms with Gasteiger partial charge < -0.3 is 15.6 Å². The fraction of sp³-hybridized carbons (Fsp3) is 0.357. The van der Waals surface area contributed by atoms with E-state index in [0.717, 1.165) is 6.42 Å². The maximum Gasteiger partial charge on any atom is 0.142 e. The number of hydrogen-bond acceptors (Lipinski definition) is 4. The van der Waals surface area contributed by atoms with Crippen molar-refractivity contribution in [2.75, 3.05) is 12.8 Å². The fourth-order valence-corrected chi connectivity index (χ4v) is 2.40. The van der Waals surface area contributed by atoms with E-state index in [-0.39, 0.29) is 0 Å². The number of anilines is 1. The number of para-hydroxylation sites is 1. The van der Waals surface area contributed by atoms with Crippen LogP contribution in [-0.4, -0.2) is 22.0 Å². The third kappa shape index (κ3) is 2.59. The average molecular weight is 296 g/mol. The minimum atomic E-state index is -0.938. The second-order valence-electron chi connectivity index (χ2n) is 4.47. The summed E-state index contributed by atoms with van der Waals surface area (Å²) in [5.74, 6) is 0.527. The number of aryl methyl sites for hydroxylation is 1. The molecule has 108 valence electrons. The molecule has 1 heterocycles. The lowest BCUT2D eigenvalue weighted by molar-refractivity contribution is 0.208. The van der Waals surface area contributed by atoms with Gasteiger partial charge in [0.2, 0.25) is 0 Å². The molecule has 6 heteroatoms. The number of nitrogens with two attached hydrogens (primary N) is 1. The molecule has 1 atom stereocenters. The predicted molar refractivity (Wildman–Crippen MR) is 79.0 cm³/mol. The maximum atomic E-state index is 10.6. The van der Waals surface area contributed by atoms with E-state index in [2.05, 4.69) is 5.10 Å². The Morgan fingerprint density at radius 2 is 2.25 bits per heavy atom. The standard InChI is InChI=1S/C14H18ClN3O2/c1-3-7-18-13(10(15)8-17-18)14(19)9-5-4-6-11(20-2)12(9)16/h4-6,8,14,19H,3,7,16H2,1-2H3. The quantitative estimate of drug-likeness (QED) is 0.832. The van der Waals surface area contributed by atoms with Crippen molar-refractivity contribution in [1.29, 1.82) is 0 Å². The van der Waals surface area contributed by atoms with Crippen molar-refractivity contribution in [2.24, 2.45) is 0 Å². The van der Waals surface area contributed by atoms with Crippen LogP contribution in [0.5, 0.6) is 5.75 Å². The lowest BCUT2D eigenvalue weighted by atomic mass is 10.0. The van der Waals surface area contributed by atoms with Gasteiger partial charge in [0.05, 0.1) is 29.7 Å². The molecule has 0 aliphatic carbocycles. The Hall–Kier alpha value is -1.72. The Bertz CT molecular complexity index is 598. The van der Waals surface area contributed by atoms with E-state index in [1.165, 1.54) is 13.3 Å². The molecule has 2 aromatic rings. The van der Waals surface area contributed by atoms with E-state index in [4.69, 9.17) is 22.1 Å². The van der Waals surface area contributed by atoms with Gasteiger partial charge in [0.1, 0.15) is 11.9 Å². The maximum absolute atomic E-state index is 10.6. The molecule has 5 nitrogen and oxygen atoms in total. The molecule has 0 spiro atoms. The van der Waals surface area contributed by atoms with E-state index >= 15 is 0 Å². The molecule has 3 N–H and O–H groups in total. The SMILES string of the molecule is CCCn1ncc(Cl)c1C(O)c1cccc(OC)c1N. The highest BCUT2D eigenvalue weighted by Crippen LogP contribution is 2.35. The van der Waals surface area contributed by atoms with E-state index < -0.39 is 6.10 Å². The highest BCUT2D eigenvalue weighted by molar-refractivity contribution is 6.31. The molecule has 0 aliphatic rings. The van der Waals surface area contributed by atoms with Gasteiger partial charge in [-0.05, 0) is 12.5 Å². The third-order valence-electron chi connectivity index (χ3n) is 3.14. The zero-order valence-corrected chi connectivity index (χ0v) is 12.3. The molecule has 0 bridgehead atoms. The number of hydrogen-bond donors (Lipinski definition) is 2. The molecule has 0 radical (unpaired) electrons. The molecule has 1 unspecified atom stereocenters. The first kappa shape index (κ1) is 14.7. The van der Waals surface area contributed by atoms with E-state index in [0.29, 0.717) is 34.3 Å². The average Bonchev–Trinajstić information content (AvgIpc) is 2.80. The second-order valence-corrected chi connectivity index (χ2v) is 4.87. The van der Waals surface area contributed by atoms with Crippen LogP contribution in [0.3, 0.4) is 0 Å². The van der Waals surface area contributed by atoms with Crippen LogP contribution in [-0.2, 0) is 6.54 Å². The summed E-state index contributed by atoms with van der Waals surface area (Å²) in [5.41, 5.74) is 7.53. The summed E-state index contributed by atoms with van der Waals surface area (Å²) in [4.78, 5) is 0. The van der Waals surface area contributed by atoms with Crippen molar-refractivity contribution in [3.05, 3.63) is 40.7 Å². The minimum Gasteiger partial charge on any atom is -0.495 e. The summed E-state index contributed by atoms with van der Waals surface area (Å²) in [6.45, 7) is 2.72. The Labute approximate surface area is 122 Å². The van der Waals surface area contributed by atoms with E-state index in [1.807, 2.05) is 6.92 Å². The van der Waals surface area contributed by atoms with Gasteiger partial charge in [-0.1, -0.05) is 30.7 Å². The van der Waals surface area contributed by atoms with Crippen LogP contribution in [0.25, 0.3) is 0 Å². The number of nitrogen functional groups attached to an aromatic ring is 1. The van der Waals surface area contributed by atoms with Crippen molar-refractivity contribution in [3.8, 4) is 5.75 Å². The van der Waals surface area contributed by atoms with Crippen LogP contribution >= 0.6 is 11.6 Å². The third-order valence-corrected chi connectivity index (χ3v) is 3.43. The Morgan fingerprint density at radius 3 is 2.90 bits per heavy atom. The number of rotatable bonds is 5. The van der Waals surface area contributed by atoms with Crippen LogP contribution in [0, 0.1) is 0 Å². The van der Waals surface area contributed by atoms with Gasteiger partial charge in [0.25, 0.3) is 0 Å². The predicted octanol–water partition coefficient (Wildman–Crippen LogP) is 2.62. The first-order chi connectivity index (χ1) is 9.60. The first-order valence-electron chi connectivity index (χ1n) is 6.41. The number of ether oxygens (including phenoxy) is 1. The molecule has 0 aliphatic heterocycles. The Balaban J connectivity index is 2.46.